The molecule has 0 amide bonds. The molecule has 0 fully saturated rings. The van der Waals surface area contributed by atoms with Gasteiger partial charge in [0.15, 0.2) is 0 Å². The molecule has 13 heavy (non-hydrogen) atoms. The first-order valence-corrected chi connectivity index (χ1v) is 4.62. The highest BCUT2D eigenvalue weighted by atomic mass is 14.7. The highest BCUT2D eigenvalue weighted by Crippen LogP contribution is 2.15. The maximum absolute atomic E-state index is 4.47. The summed E-state index contributed by atoms with van der Waals surface area (Å²) in [7, 11) is 0. The molecule has 1 aliphatic carbocycles. The Hall–Kier alpha value is -1.37. The molecule has 1 heteroatoms. The lowest BCUT2D eigenvalue weighted by atomic mass is 10.1. The van der Waals surface area contributed by atoms with Gasteiger partial charge in [-0.25, -0.2) is 0 Å². The zero-order chi connectivity index (χ0) is 9.10. The molecule has 0 spiro atoms. The molecule has 0 bridgehead atoms. The average Bonchev–Trinajstić information content (AvgIpc) is 2.57. The summed E-state index contributed by atoms with van der Waals surface area (Å²) in [4.78, 5) is 4.47. The Labute approximate surface area is 78.8 Å². The summed E-state index contributed by atoms with van der Waals surface area (Å²) in [6.07, 6.45) is 8.57. The third-order valence-electron chi connectivity index (χ3n) is 2.20. The molecule has 0 atom stereocenters. The summed E-state index contributed by atoms with van der Waals surface area (Å²) < 4.78 is 0. The lowest BCUT2D eigenvalue weighted by molar-refractivity contribution is 0.995. The fourth-order valence-electron chi connectivity index (χ4n) is 1.55. The van der Waals surface area contributed by atoms with Gasteiger partial charge in [-0.1, -0.05) is 29.9 Å². The fourth-order valence-corrected chi connectivity index (χ4v) is 1.55. The second kappa shape index (κ2) is 3.56. The number of aromatic nitrogens is 1. The van der Waals surface area contributed by atoms with E-state index < -0.39 is 0 Å². The molecule has 0 aliphatic heterocycles. The van der Waals surface area contributed by atoms with Crippen molar-refractivity contribution in [2.45, 2.75) is 19.8 Å². The Morgan fingerprint density at radius 3 is 3.00 bits per heavy atom. The molecule has 0 N–H and O–H groups in total. The van der Waals surface area contributed by atoms with Gasteiger partial charge < -0.3 is 0 Å². The number of allylic oxidation sites excluding steroid dienone is 4. The van der Waals surface area contributed by atoms with Crippen LogP contribution in [0.1, 0.15) is 17.8 Å². The Balaban J connectivity index is 2.10. The van der Waals surface area contributed by atoms with Crippen molar-refractivity contribution in [3.05, 3.63) is 53.4 Å². The van der Waals surface area contributed by atoms with Crippen molar-refractivity contribution in [3.63, 3.8) is 0 Å². The molecule has 1 aromatic rings. The first-order valence-electron chi connectivity index (χ1n) is 4.62. The van der Waals surface area contributed by atoms with Crippen LogP contribution in [0.15, 0.2) is 42.0 Å². The van der Waals surface area contributed by atoms with Gasteiger partial charge in [0.25, 0.3) is 0 Å². The lowest BCUT2D eigenvalue weighted by Gasteiger charge is -2.01. The molecule has 2 rings (SSSR count). The Morgan fingerprint density at radius 1 is 1.38 bits per heavy atom. The van der Waals surface area contributed by atoms with Gasteiger partial charge in [-0.15, -0.1) is 0 Å². The molecular weight excluding hydrogens is 158 g/mol. The van der Waals surface area contributed by atoms with Crippen molar-refractivity contribution >= 4 is 0 Å². The van der Waals surface area contributed by atoms with Gasteiger partial charge in [0.2, 0.25) is 0 Å². The minimum atomic E-state index is 0.995. The van der Waals surface area contributed by atoms with E-state index in [2.05, 4.69) is 35.3 Å². The van der Waals surface area contributed by atoms with E-state index in [0.29, 0.717) is 0 Å². The van der Waals surface area contributed by atoms with Crippen molar-refractivity contribution < 1.29 is 0 Å². The van der Waals surface area contributed by atoms with Crippen LogP contribution in [0.3, 0.4) is 0 Å². The van der Waals surface area contributed by atoms with Crippen molar-refractivity contribution in [1.29, 1.82) is 0 Å². The summed E-state index contributed by atoms with van der Waals surface area (Å²) in [6, 6.07) is 6.19. The number of rotatable bonds is 2. The molecule has 0 saturated carbocycles. The third-order valence-corrected chi connectivity index (χ3v) is 2.20. The van der Waals surface area contributed by atoms with E-state index >= 15 is 0 Å². The van der Waals surface area contributed by atoms with Crippen molar-refractivity contribution in [1.82, 2.24) is 4.98 Å². The van der Waals surface area contributed by atoms with Crippen LogP contribution in [-0.2, 0) is 6.42 Å². The molecule has 1 heterocycles. The largest absolute Gasteiger partial charge is 0.258 e. The molecule has 0 aromatic carbocycles. The van der Waals surface area contributed by atoms with Crippen molar-refractivity contribution in [2.24, 2.45) is 0 Å². The lowest BCUT2D eigenvalue weighted by Crippen LogP contribution is -1.93. The van der Waals surface area contributed by atoms with Crippen molar-refractivity contribution in [3.8, 4) is 0 Å². The van der Waals surface area contributed by atoms with Crippen LogP contribution in [0, 0.1) is 6.92 Å². The van der Waals surface area contributed by atoms with E-state index in [-0.39, 0.29) is 0 Å². The second-order valence-electron chi connectivity index (χ2n) is 3.40. The summed E-state index contributed by atoms with van der Waals surface area (Å²) in [6.45, 7) is 2.03. The molecule has 66 valence electrons. The predicted octanol–water partition coefficient (Wildman–Crippen LogP) is 2.82. The van der Waals surface area contributed by atoms with E-state index in [1.807, 2.05) is 13.0 Å². The van der Waals surface area contributed by atoms with E-state index in [4.69, 9.17) is 0 Å². The number of hydrogen-bond donors (Lipinski definition) is 0. The van der Waals surface area contributed by atoms with Gasteiger partial charge in [0.1, 0.15) is 0 Å². The average molecular weight is 171 g/mol. The van der Waals surface area contributed by atoms with Gasteiger partial charge in [-0.3, -0.25) is 4.98 Å². The SMILES string of the molecule is Cc1cccc(CC2=CC=CC2)n1. The minimum Gasteiger partial charge on any atom is -0.258 e. The van der Waals surface area contributed by atoms with E-state index in [9.17, 15) is 0 Å². The first-order chi connectivity index (χ1) is 6.34. The summed E-state index contributed by atoms with van der Waals surface area (Å²) in [5.74, 6) is 0. The number of pyridine rings is 1. The zero-order valence-electron chi connectivity index (χ0n) is 7.83. The van der Waals surface area contributed by atoms with Gasteiger partial charge in [-0.2, -0.15) is 0 Å². The summed E-state index contributed by atoms with van der Waals surface area (Å²) in [5.41, 5.74) is 3.73. The third kappa shape index (κ3) is 2.05. The highest BCUT2D eigenvalue weighted by molar-refractivity contribution is 5.27. The quantitative estimate of drug-likeness (QED) is 0.666. The molecule has 0 unspecified atom stereocenters. The maximum atomic E-state index is 4.47. The smallest absolute Gasteiger partial charge is 0.0447 e. The van der Waals surface area contributed by atoms with Gasteiger partial charge in [-0.05, 0) is 25.5 Å². The minimum absolute atomic E-state index is 0.995. The second-order valence-corrected chi connectivity index (χ2v) is 3.40. The highest BCUT2D eigenvalue weighted by Gasteiger charge is 2.01. The van der Waals surface area contributed by atoms with Gasteiger partial charge >= 0.3 is 0 Å². The Bertz CT molecular complexity index is 361. The standard InChI is InChI=1S/C12H13N/c1-10-5-4-8-12(13-10)9-11-6-2-3-7-11/h2-6,8H,7,9H2,1H3. The molecule has 0 saturated heterocycles. The normalized spacial score (nSPS) is 14.7. The van der Waals surface area contributed by atoms with Crippen LogP contribution in [0.25, 0.3) is 0 Å². The zero-order valence-corrected chi connectivity index (χ0v) is 7.83. The number of hydrogen-bond acceptors (Lipinski definition) is 1. The monoisotopic (exact) mass is 171 g/mol. The van der Waals surface area contributed by atoms with E-state index in [1.54, 1.807) is 0 Å². The summed E-state index contributed by atoms with van der Waals surface area (Å²) >= 11 is 0. The molecule has 1 aliphatic rings. The molecule has 0 radical (unpaired) electrons. The Morgan fingerprint density at radius 2 is 2.31 bits per heavy atom. The van der Waals surface area contributed by atoms with Crippen LogP contribution in [0.2, 0.25) is 0 Å². The van der Waals surface area contributed by atoms with Gasteiger partial charge in [0.05, 0.1) is 0 Å². The molecule has 1 aromatic heterocycles. The van der Waals surface area contributed by atoms with E-state index in [0.717, 1.165) is 18.5 Å². The van der Waals surface area contributed by atoms with Gasteiger partial charge in [0, 0.05) is 17.8 Å². The van der Waals surface area contributed by atoms with Crippen LogP contribution in [0.5, 0.6) is 0 Å². The number of aryl methyl sites for hydroxylation is 1. The number of nitrogens with zero attached hydrogens (tertiary/aromatic N) is 1. The Kier molecular flexibility index (Phi) is 2.26. The topological polar surface area (TPSA) is 12.9 Å². The van der Waals surface area contributed by atoms with Crippen LogP contribution in [-0.4, -0.2) is 4.98 Å². The molecular formula is C12H13N. The fraction of sp³-hybridized carbons (Fsp3) is 0.250. The summed E-state index contributed by atoms with van der Waals surface area (Å²) in [5, 5.41) is 0. The van der Waals surface area contributed by atoms with Crippen LogP contribution < -0.4 is 0 Å². The maximum Gasteiger partial charge on any atom is 0.0447 e. The van der Waals surface area contributed by atoms with Crippen LogP contribution >= 0.6 is 0 Å². The molecule has 1 nitrogen and oxygen atoms in total. The van der Waals surface area contributed by atoms with Crippen LogP contribution in [0.4, 0.5) is 0 Å². The predicted molar refractivity (Wildman–Crippen MR) is 54.5 cm³/mol. The first kappa shape index (κ1) is 8.24. The van der Waals surface area contributed by atoms with E-state index in [1.165, 1.54) is 11.3 Å². The van der Waals surface area contributed by atoms with Crippen molar-refractivity contribution in [2.75, 3.05) is 0 Å².